The number of nitrogens with zero attached hydrogens (tertiary/aromatic N) is 2. The Hall–Kier alpha value is -1.75. The smallest absolute Gasteiger partial charge is 0.137 e. The summed E-state index contributed by atoms with van der Waals surface area (Å²) in [6, 6.07) is 5.82. The molecule has 0 saturated carbocycles. The lowest BCUT2D eigenvalue weighted by molar-refractivity contribution is 1.16. The monoisotopic (exact) mass is 156 g/mol. The highest BCUT2D eigenvalue weighted by Crippen LogP contribution is 2.09. The Morgan fingerprint density at radius 1 is 1.50 bits per heavy atom. The Balaban J connectivity index is 2.93. The molecule has 2 aromatic rings. The van der Waals surface area contributed by atoms with Crippen molar-refractivity contribution in [2.45, 2.75) is 6.92 Å². The Morgan fingerprint density at radius 3 is 3.08 bits per heavy atom. The van der Waals surface area contributed by atoms with Crippen LogP contribution in [0.4, 0.5) is 0 Å². The van der Waals surface area contributed by atoms with Crippen LogP contribution in [-0.4, -0.2) is 9.38 Å². The quantitative estimate of drug-likeness (QED) is 0.530. The summed E-state index contributed by atoms with van der Waals surface area (Å²) < 4.78 is 1.91. The third-order valence-electron chi connectivity index (χ3n) is 1.84. The van der Waals surface area contributed by atoms with Crippen LogP contribution in [0.1, 0.15) is 11.4 Å². The first-order valence-electron chi connectivity index (χ1n) is 3.73. The number of aryl methyl sites for hydroxylation is 1. The number of rotatable bonds is 0. The van der Waals surface area contributed by atoms with E-state index >= 15 is 0 Å². The molecule has 2 heterocycles. The van der Waals surface area contributed by atoms with E-state index in [9.17, 15) is 0 Å². The third kappa shape index (κ3) is 0.802. The molecule has 0 radical (unpaired) electrons. The summed E-state index contributed by atoms with van der Waals surface area (Å²) in [5.74, 6) is 2.62. The van der Waals surface area contributed by atoms with Crippen molar-refractivity contribution in [2.24, 2.45) is 0 Å². The molecule has 0 N–H and O–H groups in total. The van der Waals surface area contributed by atoms with Crippen LogP contribution in [0, 0.1) is 19.3 Å². The standard InChI is InChI=1S/C10H8N2/c1-3-9-8(2)11-10-6-4-5-7-12(9)10/h1,4-7H,2H3. The van der Waals surface area contributed by atoms with Gasteiger partial charge < -0.3 is 0 Å². The van der Waals surface area contributed by atoms with E-state index in [0.29, 0.717) is 0 Å². The maximum Gasteiger partial charge on any atom is 0.137 e. The zero-order chi connectivity index (χ0) is 8.55. The van der Waals surface area contributed by atoms with Gasteiger partial charge in [0.15, 0.2) is 0 Å². The third-order valence-corrected chi connectivity index (χ3v) is 1.84. The van der Waals surface area contributed by atoms with Crippen molar-refractivity contribution in [1.29, 1.82) is 0 Å². The first kappa shape index (κ1) is 6.93. The largest absolute Gasteiger partial charge is 0.293 e. The maximum absolute atomic E-state index is 5.35. The Kier molecular flexibility index (Phi) is 1.38. The summed E-state index contributed by atoms with van der Waals surface area (Å²) in [5.41, 5.74) is 2.65. The van der Waals surface area contributed by atoms with Crippen LogP contribution in [0.2, 0.25) is 0 Å². The zero-order valence-electron chi connectivity index (χ0n) is 6.78. The predicted octanol–water partition coefficient (Wildman–Crippen LogP) is 1.62. The number of imidazole rings is 1. The van der Waals surface area contributed by atoms with E-state index in [2.05, 4.69) is 10.9 Å². The van der Waals surface area contributed by atoms with Crippen molar-refractivity contribution in [1.82, 2.24) is 9.38 Å². The van der Waals surface area contributed by atoms with Gasteiger partial charge in [0.05, 0.1) is 5.69 Å². The van der Waals surface area contributed by atoms with Gasteiger partial charge in [-0.15, -0.1) is 6.42 Å². The Labute approximate surface area is 70.9 Å². The average molecular weight is 156 g/mol. The minimum Gasteiger partial charge on any atom is -0.293 e. The van der Waals surface area contributed by atoms with E-state index in [1.54, 1.807) is 0 Å². The topological polar surface area (TPSA) is 17.3 Å². The molecule has 0 aromatic carbocycles. The van der Waals surface area contributed by atoms with Gasteiger partial charge in [0.2, 0.25) is 0 Å². The second kappa shape index (κ2) is 2.38. The number of hydrogen-bond acceptors (Lipinski definition) is 1. The predicted molar refractivity (Wildman–Crippen MR) is 47.9 cm³/mol. The van der Waals surface area contributed by atoms with Gasteiger partial charge in [-0.2, -0.15) is 0 Å². The lowest BCUT2D eigenvalue weighted by Crippen LogP contribution is -1.86. The molecule has 0 atom stereocenters. The van der Waals surface area contributed by atoms with Crippen molar-refractivity contribution in [2.75, 3.05) is 0 Å². The fraction of sp³-hybridized carbons (Fsp3) is 0.100. The molecule has 58 valence electrons. The highest BCUT2D eigenvalue weighted by atomic mass is 15.0. The summed E-state index contributed by atoms with van der Waals surface area (Å²) in [6.45, 7) is 1.92. The summed E-state index contributed by atoms with van der Waals surface area (Å²) in [7, 11) is 0. The first-order chi connectivity index (χ1) is 5.83. The summed E-state index contributed by atoms with van der Waals surface area (Å²) in [6.07, 6.45) is 7.27. The molecule has 0 bridgehead atoms. The summed E-state index contributed by atoms with van der Waals surface area (Å²) >= 11 is 0. The van der Waals surface area contributed by atoms with E-state index in [-0.39, 0.29) is 0 Å². The lowest BCUT2D eigenvalue weighted by atomic mass is 10.3. The van der Waals surface area contributed by atoms with E-state index in [1.807, 2.05) is 35.7 Å². The molecular weight excluding hydrogens is 148 g/mol. The van der Waals surface area contributed by atoms with Gasteiger partial charge in [-0.25, -0.2) is 4.98 Å². The van der Waals surface area contributed by atoms with Crippen LogP contribution in [0.25, 0.3) is 5.65 Å². The number of terminal acetylenes is 1. The van der Waals surface area contributed by atoms with E-state index < -0.39 is 0 Å². The van der Waals surface area contributed by atoms with Crippen molar-refractivity contribution in [3.05, 3.63) is 35.8 Å². The molecule has 0 saturated heterocycles. The average Bonchev–Trinajstić information content (AvgIpc) is 2.40. The molecule has 0 spiro atoms. The summed E-state index contributed by atoms with van der Waals surface area (Å²) in [4.78, 5) is 4.30. The minimum absolute atomic E-state index is 0.839. The fourth-order valence-corrected chi connectivity index (χ4v) is 1.29. The molecule has 2 nitrogen and oxygen atoms in total. The molecule has 0 aliphatic carbocycles. The normalized spacial score (nSPS) is 10.0. The fourth-order valence-electron chi connectivity index (χ4n) is 1.29. The van der Waals surface area contributed by atoms with Crippen LogP contribution in [0.15, 0.2) is 24.4 Å². The van der Waals surface area contributed by atoms with Crippen molar-refractivity contribution >= 4 is 5.65 Å². The molecule has 2 heteroatoms. The van der Waals surface area contributed by atoms with Crippen molar-refractivity contribution in [3.8, 4) is 12.3 Å². The van der Waals surface area contributed by atoms with Crippen LogP contribution in [-0.2, 0) is 0 Å². The number of fused-ring (bicyclic) bond motifs is 1. The lowest BCUT2D eigenvalue weighted by Gasteiger charge is -1.92. The van der Waals surface area contributed by atoms with E-state index in [1.165, 1.54) is 0 Å². The van der Waals surface area contributed by atoms with Gasteiger partial charge >= 0.3 is 0 Å². The molecule has 12 heavy (non-hydrogen) atoms. The molecule has 0 fully saturated rings. The number of hydrogen-bond donors (Lipinski definition) is 0. The number of pyridine rings is 1. The molecule has 2 rings (SSSR count). The van der Waals surface area contributed by atoms with Crippen LogP contribution in [0.3, 0.4) is 0 Å². The van der Waals surface area contributed by atoms with Crippen molar-refractivity contribution in [3.63, 3.8) is 0 Å². The van der Waals surface area contributed by atoms with Gasteiger partial charge in [0, 0.05) is 6.20 Å². The number of aromatic nitrogens is 2. The second-order valence-electron chi connectivity index (χ2n) is 2.62. The van der Waals surface area contributed by atoms with Gasteiger partial charge in [-0.1, -0.05) is 6.07 Å². The van der Waals surface area contributed by atoms with Gasteiger partial charge in [0.1, 0.15) is 11.3 Å². The van der Waals surface area contributed by atoms with Crippen LogP contribution < -0.4 is 0 Å². The highest BCUT2D eigenvalue weighted by Gasteiger charge is 2.03. The Bertz CT molecular complexity index is 460. The zero-order valence-corrected chi connectivity index (χ0v) is 6.78. The molecule has 2 aromatic heterocycles. The first-order valence-corrected chi connectivity index (χ1v) is 3.73. The molecule has 0 amide bonds. The molecule has 0 aliphatic heterocycles. The molecular formula is C10H8N2. The van der Waals surface area contributed by atoms with Crippen LogP contribution in [0.5, 0.6) is 0 Å². The maximum atomic E-state index is 5.35. The second-order valence-corrected chi connectivity index (χ2v) is 2.62. The van der Waals surface area contributed by atoms with Gasteiger partial charge in [-0.3, -0.25) is 4.40 Å². The Morgan fingerprint density at radius 2 is 2.33 bits per heavy atom. The van der Waals surface area contributed by atoms with Crippen molar-refractivity contribution < 1.29 is 0 Å². The van der Waals surface area contributed by atoms with Gasteiger partial charge in [-0.05, 0) is 25.0 Å². The van der Waals surface area contributed by atoms with Gasteiger partial charge in [0.25, 0.3) is 0 Å². The molecule has 0 unspecified atom stereocenters. The minimum atomic E-state index is 0.839. The van der Waals surface area contributed by atoms with E-state index in [4.69, 9.17) is 6.42 Å². The SMILES string of the molecule is C#Cc1c(C)nc2ccccn12. The van der Waals surface area contributed by atoms with Crippen LogP contribution >= 0.6 is 0 Å². The molecule has 0 aliphatic rings. The highest BCUT2D eigenvalue weighted by molar-refractivity contribution is 5.47. The summed E-state index contributed by atoms with van der Waals surface area (Å²) in [5, 5.41) is 0. The van der Waals surface area contributed by atoms with E-state index in [0.717, 1.165) is 17.0 Å².